The summed E-state index contributed by atoms with van der Waals surface area (Å²) in [6, 6.07) is 5.36. The van der Waals surface area contributed by atoms with Crippen LogP contribution in [0.15, 0.2) is 24.3 Å². The molecule has 1 aliphatic heterocycles. The Hall–Kier alpha value is -1.26. The standard InChI is InChI=1S/C14H18FNO2/c1-10(16-9-13-3-2-8-18-13)14(17)11-4-6-12(15)7-5-11/h4-7,10,13,16H,2-3,8-9H2,1H3. The molecule has 1 heterocycles. The Bertz CT molecular complexity index is 399. The van der Waals surface area contributed by atoms with Gasteiger partial charge in [0.15, 0.2) is 5.78 Å². The van der Waals surface area contributed by atoms with Crippen molar-refractivity contribution in [3.05, 3.63) is 35.6 Å². The van der Waals surface area contributed by atoms with Gasteiger partial charge in [-0.05, 0) is 44.0 Å². The van der Waals surface area contributed by atoms with Crippen molar-refractivity contribution in [3.8, 4) is 0 Å². The molecule has 1 N–H and O–H groups in total. The van der Waals surface area contributed by atoms with Gasteiger partial charge in [0, 0.05) is 18.7 Å². The Balaban J connectivity index is 1.85. The summed E-state index contributed by atoms with van der Waals surface area (Å²) in [4.78, 5) is 12.0. The van der Waals surface area contributed by atoms with Crippen molar-refractivity contribution in [2.75, 3.05) is 13.2 Å². The molecule has 1 saturated heterocycles. The second kappa shape index (κ2) is 6.07. The summed E-state index contributed by atoms with van der Waals surface area (Å²) < 4.78 is 18.2. The van der Waals surface area contributed by atoms with Gasteiger partial charge in [0.25, 0.3) is 0 Å². The summed E-state index contributed by atoms with van der Waals surface area (Å²) >= 11 is 0. The Morgan fingerprint density at radius 3 is 2.83 bits per heavy atom. The molecule has 2 atom stereocenters. The Kier molecular flexibility index (Phi) is 4.44. The zero-order valence-corrected chi connectivity index (χ0v) is 10.5. The lowest BCUT2D eigenvalue weighted by Crippen LogP contribution is -2.38. The monoisotopic (exact) mass is 251 g/mol. The van der Waals surface area contributed by atoms with Crippen molar-refractivity contribution in [1.29, 1.82) is 0 Å². The molecule has 2 unspecified atom stereocenters. The maximum absolute atomic E-state index is 12.8. The summed E-state index contributed by atoms with van der Waals surface area (Å²) in [5.74, 6) is -0.348. The maximum atomic E-state index is 12.8. The van der Waals surface area contributed by atoms with Gasteiger partial charge in [0.05, 0.1) is 12.1 Å². The minimum Gasteiger partial charge on any atom is -0.377 e. The van der Waals surface area contributed by atoms with Crippen molar-refractivity contribution in [2.24, 2.45) is 0 Å². The van der Waals surface area contributed by atoms with E-state index in [1.54, 1.807) is 0 Å². The topological polar surface area (TPSA) is 38.3 Å². The second-order valence-corrected chi connectivity index (χ2v) is 4.64. The van der Waals surface area contributed by atoms with E-state index in [1.807, 2.05) is 6.92 Å². The molecule has 1 aromatic carbocycles. The van der Waals surface area contributed by atoms with Gasteiger partial charge < -0.3 is 10.1 Å². The number of hydrogen-bond acceptors (Lipinski definition) is 3. The van der Waals surface area contributed by atoms with Crippen LogP contribution in [0.3, 0.4) is 0 Å². The highest BCUT2D eigenvalue weighted by Gasteiger charge is 2.19. The molecule has 0 aliphatic carbocycles. The third-order valence-corrected chi connectivity index (χ3v) is 3.20. The number of nitrogens with one attached hydrogen (secondary N) is 1. The maximum Gasteiger partial charge on any atom is 0.179 e. The number of carbonyl (C=O) groups is 1. The molecular formula is C14H18FNO2. The van der Waals surface area contributed by atoms with Gasteiger partial charge in [-0.15, -0.1) is 0 Å². The number of benzene rings is 1. The summed E-state index contributed by atoms with van der Waals surface area (Å²) in [6.45, 7) is 3.32. The van der Waals surface area contributed by atoms with Crippen molar-refractivity contribution in [3.63, 3.8) is 0 Å². The van der Waals surface area contributed by atoms with E-state index in [-0.39, 0.29) is 23.7 Å². The molecule has 0 amide bonds. The first-order valence-electron chi connectivity index (χ1n) is 6.31. The lowest BCUT2D eigenvalue weighted by Gasteiger charge is -2.16. The summed E-state index contributed by atoms with van der Waals surface area (Å²) in [5.41, 5.74) is 0.531. The molecular weight excluding hydrogens is 233 g/mol. The smallest absolute Gasteiger partial charge is 0.179 e. The van der Waals surface area contributed by atoms with Crippen LogP contribution < -0.4 is 5.32 Å². The van der Waals surface area contributed by atoms with Gasteiger partial charge in [-0.2, -0.15) is 0 Å². The average molecular weight is 251 g/mol. The fourth-order valence-electron chi connectivity index (χ4n) is 2.07. The summed E-state index contributed by atoms with van der Waals surface area (Å²) in [6.07, 6.45) is 2.35. The van der Waals surface area contributed by atoms with Crippen LogP contribution in [0, 0.1) is 5.82 Å². The SMILES string of the molecule is CC(NCC1CCCO1)C(=O)c1ccc(F)cc1. The zero-order valence-electron chi connectivity index (χ0n) is 10.5. The second-order valence-electron chi connectivity index (χ2n) is 4.64. The van der Waals surface area contributed by atoms with Gasteiger partial charge in [-0.1, -0.05) is 0 Å². The fourth-order valence-corrected chi connectivity index (χ4v) is 2.07. The summed E-state index contributed by atoms with van der Waals surface area (Å²) in [7, 11) is 0. The molecule has 3 nitrogen and oxygen atoms in total. The number of halogens is 1. The number of hydrogen-bond donors (Lipinski definition) is 1. The molecule has 98 valence electrons. The molecule has 18 heavy (non-hydrogen) atoms. The normalized spacial score (nSPS) is 20.9. The zero-order chi connectivity index (χ0) is 13.0. The molecule has 0 aromatic heterocycles. The predicted octanol–water partition coefficient (Wildman–Crippen LogP) is 2.17. The van der Waals surface area contributed by atoms with E-state index in [0.29, 0.717) is 12.1 Å². The van der Waals surface area contributed by atoms with Crippen LogP contribution in [0.5, 0.6) is 0 Å². The molecule has 0 radical (unpaired) electrons. The van der Waals surface area contributed by atoms with Gasteiger partial charge in [0.2, 0.25) is 0 Å². The molecule has 0 saturated carbocycles. The number of Topliss-reactive ketones (excluding diaryl/α,β-unsaturated/α-hetero) is 1. The van der Waals surface area contributed by atoms with Gasteiger partial charge >= 0.3 is 0 Å². The lowest BCUT2D eigenvalue weighted by molar-refractivity contribution is 0.0902. The highest BCUT2D eigenvalue weighted by molar-refractivity contribution is 5.99. The van der Waals surface area contributed by atoms with Crippen molar-refractivity contribution in [1.82, 2.24) is 5.32 Å². The first-order valence-corrected chi connectivity index (χ1v) is 6.31. The molecule has 1 fully saturated rings. The molecule has 2 rings (SSSR count). The van der Waals surface area contributed by atoms with E-state index in [2.05, 4.69) is 5.32 Å². The third-order valence-electron chi connectivity index (χ3n) is 3.20. The largest absolute Gasteiger partial charge is 0.377 e. The first kappa shape index (κ1) is 13.2. The first-order chi connectivity index (χ1) is 8.66. The van der Waals surface area contributed by atoms with Gasteiger partial charge in [-0.25, -0.2) is 4.39 Å². The van der Waals surface area contributed by atoms with E-state index >= 15 is 0 Å². The summed E-state index contributed by atoms with van der Waals surface area (Å²) in [5, 5.41) is 3.17. The molecule has 1 aromatic rings. The van der Waals surface area contributed by atoms with E-state index in [4.69, 9.17) is 4.74 Å². The quantitative estimate of drug-likeness (QED) is 0.815. The van der Waals surface area contributed by atoms with Crippen molar-refractivity contribution in [2.45, 2.75) is 31.9 Å². The van der Waals surface area contributed by atoms with Crippen molar-refractivity contribution < 1.29 is 13.9 Å². The van der Waals surface area contributed by atoms with Crippen LogP contribution >= 0.6 is 0 Å². The Morgan fingerprint density at radius 1 is 1.50 bits per heavy atom. The highest BCUT2D eigenvalue weighted by Crippen LogP contribution is 2.11. The van der Waals surface area contributed by atoms with Gasteiger partial charge in [0.1, 0.15) is 5.82 Å². The Labute approximate surface area is 106 Å². The molecule has 0 spiro atoms. The molecule has 1 aliphatic rings. The predicted molar refractivity (Wildman–Crippen MR) is 67.2 cm³/mol. The van der Waals surface area contributed by atoms with Crippen LogP contribution in [-0.2, 0) is 4.74 Å². The van der Waals surface area contributed by atoms with Crippen LogP contribution in [0.4, 0.5) is 4.39 Å². The minimum atomic E-state index is -0.327. The third kappa shape index (κ3) is 3.37. The van der Waals surface area contributed by atoms with Crippen LogP contribution in [-0.4, -0.2) is 31.1 Å². The van der Waals surface area contributed by atoms with Crippen LogP contribution in [0.1, 0.15) is 30.1 Å². The lowest BCUT2D eigenvalue weighted by atomic mass is 10.1. The Morgan fingerprint density at radius 2 is 2.22 bits per heavy atom. The van der Waals surface area contributed by atoms with Gasteiger partial charge in [-0.3, -0.25) is 4.79 Å². The highest BCUT2D eigenvalue weighted by atomic mass is 19.1. The van der Waals surface area contributed by atoms with Crippen molar-refractivity contribution >= 4 is 5.78 Å². The van der Waals surface area contributed by atoms with E-state index in [0.717, 1.165) is 19.4 Å². The van der Waals surface area contributed by atoms with Crippen LogP contribution in [0.25, 0.3) is 0 Å². The fraction of sp³-hybridized carbons (Fsp3) is 0.500. The number of rotatable bonds is 5. The van der Waals surface area contributed by atoms with Crippen LogP contribution in [0.2, 0.25) is 0 Å². The number of carbonyl (C=O) groups excluding carboxylic acids is 1. The van der Waals surface area contributed by atoms with E-state index in [1.165, 1.54) is 24.3 Å². The minimum absolute atomic E-state index is 0.0204. The average Bonchev–Trinajstić information content (AvgIpc) is 2.89. The molecule has 0 bridgehead atoms. The number of ether oxygens (including phenoxy) is 1. The van der Waals surface area contributed by atoms with E-state index < -0.39 is 0 Å². The molecule has 4 heteroatoms. The number of ketones is 1. The van der Waals surface area contributed by atoms with E-state index in [9.17, 15) is 9.18 Å².